The molecule has 0 radical (unpaired) electrons. The van der Waals surface area contributed by atoms with Crippen molar-refractivity contribution in [2.75, 3.05) is 0 Å². The first-order chi connectivity index (χ1) is 20.2. The molecule has 7 rings (SSSR count). The summed E-state index contributed by atoms with van der Waals surface area (Å²) in [5.74, 6) is -0.155. The highest BCUT2D eigenvalue weighted by Crippen LogP contribution is 2.40. The second-order valence-corrected chi connectivity index (χ2v) is 12.9. The fourth-order valence-corrected chi connectivity index (χ4v) is 7.17. The summed E-state index contributed by atoms with van der Waals surface area (Å²) in [6.45, 7) is 0. The highest BCUT2D eigenvalue weighted by atomic mass is 32.2. The molecule has 0 heterocycles. The normalized spacial score (nSPS) is 12.7. The van der Waals surface area contributed by atoms with Crippen LogP contribution in [0.2, 0.25) is 0 Å². The van der Waals surface area contributed by atoms with E-state index in [1.54, 1.807) is 48.5 Å². The van der Waals surface area contributed by atoms with Gasteiger partial charge in [-0.15, -0.1) is 0 Å². The van der Waals surface area contributed by atoms with E-state index in [1.807, 2.05) is 36.4 Å². The summed E-state index contributed by atoms with van der Waals surface area (Å²) in [5, 5.41) is 2.90. The summed E-state index contributed by atoms with van der Waals surface area (Å²) in [5.41, 5.74) is 1.27. The van der Waals surface area contributed by atoms with Crippen molar-refractivity contribution in [3.63, 3.8) is 0 Å². The van der Waals surface area contributed by atoms with Crippen molar-refractivity contribution in [2.45, 2.75) is 9.79 Å². The van der Waals surface area contributed by atoms with E-state index in [1.165, 1.54) is 36.4 Å². The molecule has 7 nitrogen and oxygen atoms in total. The largest absolute Gasteiger partial charge is 0.378 e. The minimum Gasteiger partial charge on any atom is -0.378 e. The average Bonchev–Trinajstić information content (AvgIpc) is 3.28. The van der Waals surface area contributed by atoms with Gasteiger partial charge in [-0.05, 0) is 58.3 Å². The van der Waals surface area contributed by atoms with Crippen LogP contribution in [0.15, 0.2) is 131 Å². The Kier molecular flexibility index (Phi) is 5.89. The molecule has 0 bridgehead atoms. The van der Waals surface area contributed by atoms with Crippen LogP contribution in [0.1, 0.15) is 15.9 Å². The summed E-state index contributed by atoms with van der Waals surface area (Å²) in [7, 11) is -8.58. The van der Waals surface area contributed by atoms with E-state index in [4.69, 9.17) is 8.37 Å². The fourth-order valence-electron chi connectivity index (χ4n) is 5.22. The molecule has 6 aromatic carbocycles. The predicted octanol–water partition coefficient (Wildman–Crippen LogP) is 6.74. The number of carbonyl (C=O) groups excluding carboxylic acids is 1. The molecule has 0 spiro atoms. The molecule has 0 fully saturated rings. The van der Waals surface area contributed by atoms with Gasteiger partial charge in [-0.3, -0.25) is 4.79 Å². The van der Waals surface area contributed by atoms with Gasteiger partial charge in [0.2, 0.25) is 0 Å². The second-order valence-electron chi connectivity index (χ2n) is 9.77. The molecule has 0 saturated heterocycles. The minimum atomic E-state index is -4.29. The summed E-state index contributed by atoms with van der Waals surface area (Å²) in [6.07, 6.45) is 0. The van der Waals surface area contributed by atoms with Crippen LogP contribution in [0.4, 0.5) is 0 Å². The van der Waals surface area contributed by atoms with E-state index in [0.29, 0.717) is 21.9 Å². The Morgan fingerprint density at radius 3 is 1.29 bits per heavy atom. The number of carbonyl (C=O) groups is 1. The van der Waals surface area contributed by atoms with E-state index in [2.05, 4.69) is 0 Å². The molecule has 0 atom stereocenters. The van der Waals surface area contributed by atoms with E-state index in [-0.39, 0.29) is 32.4 Å². The van der Waals surface area contributed by atoms with Crippen LogP contribution in [0.25, 0.3) is 32.7 Å². The van der Waals surface area contributed by atoms with Crippen molar-refractivity contribution in [2.24, 2.45) is 0 Å². The summed E-state index contributed by atoms with van der Waals surface area (Å²) >= 11 is 0. The Morgan fingerprint density at radius 1 is 0.429 bits per heavy atom. The van der Waals surface area contributed by atoms with Crippen LogP contribution in [0.5, 0.6) is 11.5 Å². The lowest BCUT2D eigenvalue weighted by Crippen LogP contribution is -2.11. The molecule has 1 aliphatic carbocycles. The number of hydrogen-bond donors (Lipinski definition) is 0. The molecule has 0 saturated carbocycles. The molecule has 206 valence electrons. The van der Waals surface area contributed by atoms with E-state index < -0.39 is 26.0 Å². The Hall–Kier alpha value is -4.99. The molecular formula is C33H20O7S2. The third-order valence-corrected chi connectivity index (χ3v) is 9.70. The number of fused-ring (bicyclic) bond motifs is 5. The number of benzene rings is 6. The Labute approximate surface area is 241 Å². The molecule has 0 N–H and O–H groups in total. The number of rotatable bonds is 6. The smallest absolute Gasteiger partial charge is 0.339 e. The molecule has 9 heteroatoms. The highest BCUT2D eigenvalue weighted by Gasteiger charge is 2.31. The van der Waals surface area contributed by atoms with Crippen LogP contribution in [-0.4, -0.2) is 22.6 Å². The molecule has 0 aromatic heterocycles. The Morgan fingerprint density at radius 2 is 0.833 bits per heavy atom. The van der Waals surface area contributed by atoms with Gasteiger partial charge in [-0.2, -0.15) is 16.8 Å². The van der Waals surface area contributed by atoms with Gasteiger partial charge in [0.15, 0.2) is 17.3 Å². The molecule has 0 aliphatic heterocycles. The lowest BCUT2D eigenvalue weighted by Gasteiger charge is -2.11. The van der Waals surface area contributed by atoms with Gasteiger partial charge < -0.3 is 8.37 Å². The van der Waals surface area contributed by atoms with Crippen molar-refractivity contribution in [1.82, 2.24) is 0 Å². The van der Waals surface area contributed by atoms with Crippen LogP contribution in [-0.2, 0) is 20.2 Å². The van der Waals surface area contributed by atoms with Crippen LogP contribution in [0, 0.1) is 0 Å². The van der Waals surface area contributed by atoms with Crippen LogP contribution in [0.3, 0.4) is 0 Å². The first-order valence-electron chi connectivity index (χ1n) is 12.9. The maximum atomic E-state index is 13.4. The van der Waals surface area contributed by atoms with Gasteiger partial charge in [0.05, 0.1) is 0 Å². The monoisotopic (exact) mass is 592 g/mol. The molecule has 0 unspecified atom stereocenters. The predicted molar refractivity (Wildman–Crippen MR) is 159 cm³/mol. The van der Waals surface area contributed by atoms with Crippen molar-refractivity contribution >= 4 is 47.6 Å². The quantitative estimate of drug-likeness (QED) is 0.197. The fraction of sp³-hybridized carbons (Fsp3) is 0. The average molecular weight is 593 g/mol. The first-order valence-corrected chi connectivity index (χ1v) is 15.7. The van der Waals surface area contributed by atoms with Crippen molar-refractivity contribution in [3.8, 4) is 22.6 Å². The van der Waals surface area contributed by atoms with Crippen LogP contribution >= 0.6 is 0 Å². The summed E-state index contributed by atoms with van der Waals surface area (Å²) < 4.78 is 64.0. The highest BCUT2D eigenvalue weighted by molar-refractivity contribution is 7.87. The SMILES string of the molecule is O=C1c2cc(S(=O)(=O)Oc3cccc4ccccc34)ccc2-c2ccc(S(=O)(=O)Oc3cccc4ccccc34)cc21. The van der Waals surface area contributed by atoms with Gasteiger partial charge in [0.1, 0.15) is 9.79 Å². The lowest BCUT2D eigenvalue weighted by atomic mass is 10.1. The first kappa shape index (κ1) is 25.9. The zero-order chi connectivity index (χ0) is 29.1. The maximum Gasteiger partial charge on any atom is 0.339 e. The Balaban J connectivity index is 1.20. The van der Waals surface area contributed by atoms with E-state index >= 15 is 0 Å². The second kappa shape index (κ2) is 9.54. The van der Waals surface area contributed by atoms with E-state index in [0.717, 1.165) is 10.8 Å². The zero-order valence-electron chi connectivity index (χ0n) is 21.7. The minimum absolute atomic E-state index is 0.136. The zero-order valence-corrected chi connectivity index (χ0v) is 23.4. The number of ketones is 1. The van der Waals surface area contributed by atoms with Gasteiger partial charge in [0, 0.05) is 21.9 Å². The van der Waals surface area contributed by atoms with Gasteiger partial charge in [-0.25, -0.2) is 0 Å². The molecule has 42 heavy (non-hydrogen) atoms. The standard InChI is InChI=1S/C33H20O7S2/c34-33-29-19-23(41(35,36)39-31-13-5-9-21-7-1-3-11-25(21)31)15-17-27(29)28-18-16-24(20-30(28)33)42(37,38)40-32-14-6-10-22-8-2-4-12-26(22)32/h1-20H. The summed E-state index contributed by atoms with van der Waals surface area (Å²) in [6, 6.07) is 33.0. The third-order valence-electron chi connectivity index (χ3n) is 7.24. The van der Waals surface area contributed by atoms with E-state index in [9.17, 15) is 21.6 Å². The Bertz CT molecular complexity index is 2130. The maximum absolute atomic E-state index is 13.4. The van der Waals surface area contributed by atoms with Gasteiger partial charge in [0.25, 0.3) is 0 Å². The third kappa shape index (κ3) is 4.30. The van der Waals surface area contributed by atoms with Crippen LogP contribution < -0.4 is 8.37 Å². The molecule has 0 amide bonds. The lowest BCUT2D eigenvalue weighted by molar-refractivity contribution is 0.104. The van der Waals surface area contributed by atoms with Crippen molar-refractivity contribution in [1.29, 1.82) is 0 Å². The topological polar surface area (TPSA) is 104 Å². The molecule has 6 aromatic rings. The van der Waals surface area contributed by atoms with Crippen molar-refractivity contribution in [3.05, 3.63) is 132 Å². The summed E-state index contributed by atoms with van der Waals surface area (Å²) in [4.78, 5) is 13.1. The molecular weight excluding hydrogens is 572 g/mol. The van der Waals surface area contributed by atoms with Gasteiger partial charge in [-0.1, -0.05) is 84.9 Å². The van der Waals surface area contributed by atoms with Gasteiger partial charge >= 0.3 is 20.2 Å². The van der Waals surface area contributed by atoms with Crippen molar-refractivity contribution < 1.29 is 30.0 Å². The molecule has 1 aliphatic rings. The number of hydrogen-bond acceptors (Lipinski definition) is 7.